The van der Waals surface area contributed by atoms with Crippen LogP contribution in [0.5, 0.6) is 0 Å². The molecule has 80 valence electrons. The highest BCUT2D eigenvalue weighted by atomic mass is 15.0. The summed E-state index contributed by atoms with van der Waals surface area (Å²) in [5.41, 5.74) is 8.36. The maximum atomic E-state index is 6.00. The molecule has 0 saturated carbocycles. The van der Waals surface area contributed by atoms with Gasteiger partial charge in [0, 0.05) is 17.9 Å². The Hall–Kier alpha value is -0.920. The van der Waals surface area contributed by atoms with Crippen LogP contribution in [0.25, 0.3) is 0 Å². The van der Waals surface area contributed by atoms with Crippen molar-refractivity contribution >= 4 is 5.69 Å². The summed E-state index contributed by atoms with van der Waals surface area (Å²) < 4.78 is 2.18. The molecule has 1 rings (SSSR count). The Labute approximate surface area is 87.1 Å². The first-order valence-corrected chi connectivity index (χ1v) is 5.11. The molecule has 0 aliphatic heterocycles. The number of hydrogen-bond acceptors (Lipinski definition) is 1. The molecular formula is C12H22N2. The van der Waals surface area contributed by atoms with Gasteiger partial charge in [-0.2, -0.15) is 0 Å². The SMILES string of the molecule is CC(C)(C)c1cn(C(C)(C)C)cc1N. The van der Waals surface area contributed by atoms with Crippen LogP contribution < -0.4 is 5.73 Å². The van der Waals surface area contributed by atoms with Crippen LogP contribution in [0.1, 0.15) is 47.1 Å². The second-order valence-corrected chi connectivity index (χ2v) is 5.96. The monoisotopic (exact) mass is 194 g/mol. The summed E-state index contributed by atoms with van der Waals surface area (Å²) in [6, 6.07) is 0. The van der Waals surface area contributed by atoms with Crippen LogP contribution in [0.15, 0.2) is 12.4 Å². The predicted molar refractivity (Wildman–Crippen MR) is 62.5 cm³/mol. The van der Waals surface area contributed by atoms with Gasteiger partial charge in [-0.15, -0.1) is 0 Å². The highest BCUT2D eigenvalue weighted by Crippen LogP contribution is 2.30. The van der Waals surface area contributed by atoms with Crippen LogP contribution in [0.4, 0.5) is 5.69 Å². The molecule has 0 aliphatic carbocycles. The standard InChI is InChI=1S/C12H22N2/c1-11(2,3)9-7-14(8-10(9)13)12(4,5)6/h7-8H,13H2,1-6H3. The van der Waals surface area contributed by atoms with E-state index in [-0.39, 0.29) is 11.0 Å². The molecule has 0 unspecified atom stereocenters. The third kappa shape index (κ3) is 2.11. The maximum absolute atomic E-state index is 6.00. The highest BCUT2D eigenvalue weighted by Gasteiger charge is 2.22. The van der Waals surface area contributed by atoms with E-state index in [0.717, 1.165) is 5.69 Å². The molecule has 0 saturated heterocycles. The van der Waals surface area contributed by atoms with Crippen molar-refractivity contribution in [1.29, 1.82) is 0 Å². The summed E-state index contributed by atoms with van der Waals surface area (Å²) in [5.74, 6) is 0. The van der Waals surface area contributed by atoms with Crippen LogP contribution in [0.2, 0.25) is 0 Å². The Morgan fingerprint density at radius 2 is 1.50 bits per heavy atom. The normalized spacial score (nSPS) is 13.3. The van der Waals surface area contributed by atoms with E-state index in [1.807, 2.05) is 6.20 Å². The molecule has 0 aromatic carbocycles. The molecule has 0 amide bonds. The quantitative estimate of drug-likeness (QED) is 0.676. The number of nitrogens with zero attached hydrogens (tertiary/aromatic N) is 1. The number of nitrogen functional groups attached to an aromatic ring is 1. The topological polar surface area (TPSA) is 30.9 Å². The lowest BCUT2D eigenvalue weighted by Gasteiger charge is -2.22. The summed E-state index contributed by atoms with van der Waals surface area (Å²) in [6.45, 7) is 13.1. The largest absolute Gasteiger partial charge is 0.397 e. The Kier molecular flexibility index (Phi) is 2.42. The minimum absolute atomic E-state index is 0.109. The van der Waals surface area contributed by atoms with Gasteiger partial charge in [0.05, 0.1) is 5.69 Å². The van der Waals surface area contributed by atoms with E-state index < -0.39 is 0 Å². The zero-order valence-electron chi connectivity index (χ0n) is 10.2. The molecular weight excluding hydrogens is 172 g/mol. The molecule has 1 aromatic heterocycles. The van der Waals surface area contributed by atoms with E-state index in [1.165, 1.54) is 5.56 Å². The molecule has 2 nitrogen and oxygen atoms in total. The Balaban J connectivity index is 3.19. The van der Waals surface area contributed by atoms with Crippen molar-refractivity contribution in [3.8, 4) is 0 Å². The zero-order chi connectivity index (χ0) is 11.1. The first kappa shape index (κ1) is 11.2. The van der Waals surface area contributed by atoms with Crippen molar-refractivity contribution in [2.45, 2.75) is 52.5 Å². The van der Waals surface area contributed by atoms with Gasteiger partial charge in [0.25, 0.3) is 0 Å². The van der Waals surface area contributed by atoms with E-state index in [1.54, 1.807) is 0 Å². The van der Waals surface area contributed by atoms with Crippen LogP contribution in [0.3, 0.4) is 0 Å². The smallest absolute Gasteiger partial charge is 0.0531 e. The number of nitrogens with two attached hydrogens (primary N) is 1. The van der Waals surface area contributed by atoms with Crippen molar-refractivity contribution in [3.05, 3.63) is 18.0 Å². The molecule has 2 N–H and O–H groups in total. The number of anilines is 1. The van der Waals surface area contributed by atoms with Crippen LogP contribution in [-0.2, 0) is 11.0 Å². The summed E-state index contributed by atoms with van der Waals surface area (Å²) in [5, 5.41) is 0. The maximum Gasteiger partial charge on any atom is 0.0531 e. The third-order valence-corrected chi connectivity index (χ3v) is 2.44. The minimum atomic E-state index is 0.109. The van der Waals surface area contributed by atoms with Crippen molar-refractivity contribution in [3.63, 3.8) is 0 Å². The van der Waals surface area contributed by atoms with E-state index in [0.29, 0.717) is 0 Å². The van der Waals surface area contributed by atoms with Crippen molar-refractivity contribution in [2.24, 2.45) is 0 Å². The van der Waals surface area contributed by atoms with Gasteiger partial charge in [-0.1, -0.05) is 20.8 Å². The Morgan fingerprint density at radius 3 is 1.71 bits per heavy atom. The lowest BCUT2D eigenvalue weighted by atomic mass is 9.88. The minimum Gasteiger partial charge on any atom is -0.397 e. The van der Waals surface area contributed by atoms with Crippen LogP contribution in [0, 0.1) is 0 Å². The van der Waals surface area contributed by atoms with E-state index in [2.05, 4.69) is 52.3 Å². The lowest BCUT2D eigenvalue weighted by Crippen LogP contribution is -2.20. The van der Waals surface area contributed by atoms with Crippen molar-refractivity contribution in [1.82, 2.24) is 4.57 Å². The van der Waals surface area contributed by atoms with E-state index >= 15 is 0 Å². The van der Waals surface area contributed by atoms with Gasteiger partial charge < -0.3 is 10.3 Å². The van der Waals surface area contributed by atoms with Crippen molar-refractivity contribution in [2.75, 3.05) is 5.73 Å². The van der Waals surface area contributed by atoms with Gasteiger partial charge in [-0.3, -0.25) is 0 Å². The first-order chi connectivity index (χ1) is 6.12. The molecule has 0 aliphatic rings. The molecule has 14 heavy (non-hydrogen) atoms. The van der Waals surface area contributed by atoms with E-state index in [9.17, 15) is 0 Å². The molecule has 0 bridgehead atoms. The molecule has 0 fully saturated rings. The second-order valence-electron chi connectivity index (χ2n) is 5.96. The van der Waals surface area contributed by atoms with Gasteiger partial charge in [0.2, 0.25) is 0 Å². The van der Waals surface area contributed by atoms with Crippen molar-refractivity contribution < 1.29 is 0 Å². The molecule has 1 aromatic rings. The average Bonchev–Trinajstić information content (AvgIpc) is 2.27. The van der Waals surface area contributed by atoms with Gasteiger partial charge in [0.1, 0.15) is 0 Å². The summed E-state index contributed by atoms with van der Waals surface area (Å²) >= 11 is 0. The highest BCUT2D eigenvalue weighted by molar-refractivity contribution is 5.49. The van der Waals surface area contributed by atoms with Gasteiger partial charge in [-0.05, 0) is 31.7 Å². The van der Waals surface area contributed by atoms with Gasteiger partial charge >= 0.3 is 0 Å². The molecule has 0 radical (unpaired) electrons. The fourth-order valence-electron chi connectivity index (χ4n) is 1.48. The van der Waals surface area contributed by atoms with Crippen LogP contribution in [-0.4, -0.2) is 4.57 Å². The summed E-state index contributed by atoms with van der Waals surface area (Å²) in [6.07, 6.45) is 4.19. The number of aromatic nitrogens is 1. The average molecular weight is 194 g/mol. The van der Waals surface area contributed by atoms with Crippen LogP contribution >= 0.6 is 0 Å². The first-order valence-electron chi connectivity index (χ1n) is 5.11. The summed E-state index contributed by atoms with van der Waals surface area (Å²) in [4.78, 5) is 0. The third-order valence-electron chi connectivity index (χ3n) is 2.44. The molecule has 0 spiro atoms. The van der Waals surface area contributed by atoms with E-state index in [4.69, 9.17) is 5.73 Å². The second kappa shape index (κ2) is 3.04. The predicted octanol–water partition coefficient (Wildman–Crippen LogP) is 3.12. The number of rotatable bonds is 0. The molecule has 1 heterocycles. The Morgan fingerprint density at radius 1 is 1.00 bits per heavy atom. The molecule has 0 atom stereocenters. The Bertz CT molecular complexity index is 321. The van der Waals surface area contributed by atoms with Gasteiger partial charge in [-0.25, -0.2) is 0 Å². The fourth-order valence-corrected chi connectivity index (χ4v) is 1.48. The van der Waals surface area contributed by atoms with Gasteiger partial charge in [0.15, 0.2) is 0 Å². The lowest BCUT2D eigenvalue weighted by molar-refractivity contribution is 0.396. The zero-order valence-corrected chi connectivity index (χ0v) is 10.2. The number of hydrogen-bond donors (Lipinski definition) is 1. The summed E-state index contributed by atoms with van der Waals surface area (Å²) in [7, 11) is 0. The fraction of sp³-hybridized carbons (Fsp3) is 0.667. The molecule has 2 heteroatoms.